The number of hydrogen-bond donors (Lipinski definition) is 0. The molecule has 2 aliphatic rings. The van der Waals surface area contributed by atoms with Gasteiger partial charge in [0.2, 0.25) is 5.91 Å². The molecule has 0 N–H and O–H groups in total. The van der Waals surface area contributed by atoms with Gasteiger partial charge in [0.25, 0.3) is 0 Å². The second-order valence-electron chi connectivity index (χ2n) is 5.18. The second kappa shape index (κ2) is 3.93. The highest BCUT2D eigenvalue weighted by Crippen LogP contribution is 2.47. The van der Waals surface area contributed by atoms with Crippen molar-refractivity contribution < 1.29 is 4.79 Å². The van der Waals surface area contributed by atoms with Crippen LogP contribution >= 0.6 is 0 Å². The van der Waals surface area contributed by atoms with Crippen molar-refractivity contribution in [1.29, 1.82) is 5.26 Å². The number of amides is 1. The average molecular weight is 218 g/mol. The van der Waals surface area contributed by atoms with Crippen LogP contribution in [0.3, 0.4) is 0 Å². The van der Waals surface area contributed by atoms with Crippen molar-refractivity contribution in [2.24, 2.45) is 11.3 Å². The molecule has 0 radical (unpaired) electrons. The zero-order valence-electron chi connectivity index (χ0n) is 9.78. The Morgan fingerprint density at radius 2 is 2.25 bits per heavy atom. The number of carbonyl (C=O) groups excluding carboxylic acids is 1. The molecule has 0 aromatic rings. The Morgan fingerprint density at radius 3 is 2.62 bits per heavy atom. The fourth-order valence-electron chi connectivity index (χ4n) is 2.64. The van der Waals surface area contributed by atoms with Gasteiger partial charge in [-0.1, -0.05) is 13.0 Å². The maximum absolute atomic E-state index is 12.4. The largest absolute Gasteiger partial charge is 0.335 e. The van der Waals surface area contributed by atoms with E-state index < -0.39 is 5.41 Å². The number of carbonyl (C=O) groups is 1. The van der Waals surface area contributed by atoms with Crippen molar-refractivity contribution in [3.05, 3.63) is 12.7 Å². The van der Waals surface area contributed by atoms with Crippen LogP contribution in [0.2, 0.25) is 0 Å². The smallest absolute Gasteiger partial charge is 0.243 e. The maximum Gasteiger partial charge on any atom is 0.243 e. The van der Waals surface area contributed by atoms with E-state index in [2.05, 4.69) is 19.6 Å². The molecule has 0 heterocycles. The summed E-state index contributed by atoms with van der Waals surface area (Å²) >= 11 is 0. The van der Waals surface area contributed by atoms with E-state index in [0.717, 1.165) is 25.7 Å². The summed E-state index contributed by atoms with van der Waals surface area (Å²) in [6.45, 7) is 6.36. The predicted molar refractivity (Wildman–Crippen MR) is 61.4 cm³/mol. The molecule has 2 aliphatic carbocycles. The minimum Gasteiger partial charge on any atom is -0.335 e. The highest BCUT2D eigenvalue weighted by atomic mass is 16.2. The third kappa shape index (κ3) is 1.73. The van der Waals surface area contributed by atoms with Gasteiger partial charge in [0.1, 0.15) is 5.41 Å². The zero-order chi connectivity index (χ0) is 11.8. The molecule has 0 unspecified atom stereocenters. The van der Waals surface area contributed by atoms with Gasteiger partial charge in [0.15, 0.2) is 0 Å². The van der Waals surface area contributed by atoms with Crippen LogP contribution in [0.1, 0.15) is 32.6 Å². The van der Waals surface area contributed by atoms with Crippen LogP contribution in [0.15, 0.2) is 12.7 Å². The van der Waals surface area contributed by atoms with Crippen LogP contribution in [0.5, 0.6) is 0 Å². The Hall–Kier alpha value is -1.30. The van der Waals surface area contributed by atoms with E-state index in [1.807, 2.05) is 4.90 Å². The van der Waals surface area contributed by atoms with Crippen LogP contribution < -0.4 is 0 Å². The number of rotatable bonds is 4. The lowest BCUT2D eigenvalue weighted by Crippen LogP contribution is -2.50. The van der Waals surface area contributed by atoms with Crippen LogP contribution in [0.25, 0.3) is 0 Å². The summed E-state index contributed by atoms with van der Waals surface area (Å²) in [5.74, 6) is 0.545. The van der Waals surface area contributed by atoms with E-state index in [1.54, 1.807) is 6.08 Å². The van der Waals surface area contributed by atoms with Gasteiger partial charge in [-0.05, 0) is 31.6 Å². The first kappa shape index (κ1) is 11.2. The van der Waals surface area contributed by atoms with Gasteiger partial charge in [0.05, 0.1) is 6.07 Å². The first-order valence-electron chi connectivity index (χ1n) is 5.96. The molecule has 0 saturated heterocycles. The van der Waals surface area contributed by atoms with E-state index in [4.69, 9.17) is 0 Å². The lowest BCUT2D eigenvalue weighted by molar-refractivity contribution is -0.145. The van der Waals surface area contributed by atoms with E-state index in [0.29, 0.717) is 18.5 Å². The lowest BCUT2D eigenvalue weighted by Gasteiger charge is -2.42. The van der Waals surface area contributed by atoms with Crippen molar-refractivity contribution in [1.82, 2.24) is 4.90 Å². The fraction of sp³-hybridized carbons (Fsp3) is 0.692. The highest BCUT2D eigenvalue weighted by Gasteiger charge is 2.52. The standard InChI is InChI=1S/C13H18N2O/c1-3-6-15(11-4-5-11)12(16)13(9-14)7-10(2)8-13/h3,10-11H,1,4-8H2,2H3. The van der Waals surface area contributed by atoms with Crippen molar-refractivity contribution in [2.75, 3.05) is 6.54 Å². The zero-order valence-corrected chi connectivity index (χ0v) is 9.78. The van der Waals surface area contributed by atoms with Crippen molar-refractivity contribution in [3.63, 3.8) is 0 Å². The molecule has 0 aliphatic heterocycles. The maximum atomic E-state index is 12.4. The van der Waals surface area contributed by atoms with E-state index in [9.17, 15) is 10.1 Å². The molecule has 0 aromatic heterocycles. The van der Waals surface area contributed by atoms with Gasteiger partial charge in [-0.15, -0.1) is 6.58 Å². The lowest BCUT2D eigenvalue weighted by atomic mass is 9.62. The number of hydrogen-bond acceptors (Lipinski definition) is 2. The van der Waals surface area contributed by atoms with E-state index in [1.165, 1.54) is 0 Å². The Balaban J connectivity index is 2.10. The van der Waals surface area contributed by atoms with Gasteiger partial charge in [-0.2, -0.15) is 5.26 Å². The molecular weight excluding hydrogens is 200 g/mol. The molecule has 2 rings (SSSR count). The average Bonchev–Trinajstić information content (AvgIpc) is 3.04. The summed E-state index contributed by atoms with van der Waals surface area (Å²) in [6, 6.07) is 2.61. The van der Waals surface area contributed by atoms with E-state index in [-0.39, 0.29) is 5.91 Å². The Morgan fingerprint density at radius 1 is 1.62 bits per heavy atom. The molecule has 2 saturated carbocycles. The molecule has 0 atom stereocenters. The molecule has 3 heteroatoms. The molecule has 1 amide bonds. The summed E-state index contributed by atoms with van der Waals surface area (Å²) in [7, 11) is 0. The minimum atomic E-state index is -0.717. The second-order valence-corrected chi connectivity index (χ2v) is 5.18. The monoisotopic (exact) mass is 218 g/mol. The predicted octanol–water partition coefficient (Wildman–Crippen LogP) is 2.10. The highest BCUT2D eigenvalue weighted by molar-refractivity contribution is 5.87. The molecule has 0 bridgehead atoms. The first-order valence-corrected chi connectivity index (χ1v) is 5.96. The quantitative estimate of drug-likeness (QED) is 0.678. The molecule has 0 aromatic carbocycles. The van der Waals surface area contributed by atoms with Crippen molar-refractivity contribution in [2.45, 2.75) is 38.6 Å². The van der Waals surface area contributed by atoms with Crippen molar-refractivity contribution in [3.8, 4) is 6.07 Å². The minimum absolute atomic E-state index is 0.0375. The first-order chi connectivity index (χ1) is 7.63. The van der Waals surface area contributed by atoms with Gasteiger partial charge < -0.3 is 4.90 Å². The summed E-state index contributed by atoms with van der Waals surface area (Å²) in [5.41, 5.74) is -0.717. The topological polar surface area (TPSA) is 44.1 Å². The SMILES string of the molecule is C=CCN(C(=O)C1(C#N)CC(C)C1)C1CC1. The summed E-state index contributed by atoms with van der Waals surface area (Å²) in [4.78, 5) is 14.2. The molecule has 86 valence electrons. The summed E-state index contributed by atoms with van der Waals surface area (Å²) in [6.07, 6.45) is 5.36. The Bertz CT molecular complexity index is 345. The Kier molecular flexibility index (Phi) is 2.75. The van der Waals surface area contributed by atoms with Gasteiger partial charge >= 0.3 is 0 Å². The molecule has 2 fully saturated rings. The molecule has 0 spiro atoms. The number of nitriles is 1. The number of nitrogens with zero attached hydrogens (tertiary/aromatic N) is 2. The van der Waals surface area contributed by atoms with E-state index >= 15 is 0 Å². The van der Waals surface area contributed by atoms with Crippen LogP contribution in [0.4, 0.5) is 0 Å². The normalized spacial score (nSPS) is 32.4. The molecular formula is C13H18N2O. The van der Waals surface area contributed by atoms with Crippen molar-refractivity contribution >= 4 is 5.91 Å². The van der Waals surface area contributed by atoms with Crippen LogP contribution in [-0.4, -0.2) is 23.4 Å². The van der Waals surface area contributed by atoms with Gasteiger partial charge in [0, 0.05) is 12.6 Å². The van der Waals surface area contributed by atoms with Crippen LogP contribution in [0, 0.1) is 22.7 Å². The molecule has 16 heavy (non-hydrogen) atoms. The third-order valence-corrected chi connectivity index (χ3v) is 3.59. The van der Waals surface area contributed by atoms with Gasteiger partial charge in [-0.3, -0.25) is 4.79 Å². The third-order valence-electron chi connectivity index (χ3n) is 3.59. The molecule has 3 nitrogen and oxygen atoms in total. The van der Waals surface area contributed by atoms with Crippen LogP contribution in [-0.2, 0) is 4.79 Å². The van der Waals surface area contributed by atoms with Gasteiger partial charge in [-0.25, -0.2) is 0 Å². The summed E-state index contributed by atoms with van der Waals surface area (Å²) in [5, 5.41) is 9.22. The Labute approximate surface area is 96.7 Å². The fourth-order valence-corrected chi connectivity index (χ4v) is 2.64. The summed E-state index contributed by atoms with van der Waals surface area (Å²) < 4.78 is 0.